The van der Waals surface area contributed by atoms with Crippen LogP contribution in [0.3, 0.4) is 0 Å². The van der Waals surface area contributed by atoms with Crippen molar-refractivity contribution < 1.29 is 14.2 Å². The highest BCUT2D eigenvalue weighted by atomic mass is 16.5. The number of nitrogens with one attached hydrogen (secondary N) is 2. The molecule has 0 saturated heterocycles. The third-order valence-corrected chi connectivity index (χ3v) is 2.68. The Morgan fingerprint density at radius 3 is 2.67 bits per heavy atom. The van der Waals surface area contributed by atoms with Crippen LogP contribution in [0.2, 0.25) is 0 Å². The molecule has 1 aromatic carbocycles. The summed E-state index contributed by atoms with van der Waals surface area (Å²) in [5.41, 5.74) is 0.921. The number of hydrogen-bond donors (Lipinski definition) is 2. The van der Waals surface area contributed by atoms with E-state index in [2.05, 4.69) is 15.6 Å². The maximum absolute atomic E-state index is 5.66. The first kappa shape index (κ1) is 17.3. The molecule has 118 valence electrons. The maximum Gasteiger partial charge on any atom is 0.195 e. The molecule has 6 heteroatoms. The topological polar surface area (TPSA) is 64.1 Å². The van der Waals surface area contributed by atoms with Gasteiger partial charge in [-0.05, 0) is 12.1 Å². The molecule has 0 atom stereocenters. The first-order valence-electron chi connectivity index (χ1n) is 6.98. The molecule has 0 amide bonds. The molecule has 6 nitrogen and oxygen atoms in total. The van der Waals surface area contributed by atoms with E-state index >= 15 is 0 Å². The van der Waals surface area contributed by atoms with Gasteiger partial charge < -0.3 is 24.8 Å². The van der Waals surface area contributed by atoms with E-state index in [1.54, 1.807) is 21.3 Å². The summed E-state index contributed by atoms with van der Waals surface area (Å²) in [6.07, 6.45) is 0.869. The van der Waals surface area contributed by atoms with Gasteiger partial charge in [-0.3, -0.25) is 4.99 Å². The molecule has 0 fully saturated rings. The zero-order valence-electron chi connectivity index (χ0n) is 13.0. The van der Waals surface area contributed by atoms with Crippen molar-refractivity contribution in [2.24, 2.45) is 4.99 Å². The maximum atomic E-state index is 5.66. The van der Waals surface area contributed by atoms with Gasteiger partial charge >= 0.3 is 0 Å². The lowest BCUT2D eigenvalue weighted by Crippen LogP contribution is -2.33. The van der Waals surface area contributed by atoms with Crippen LogP contribution in [-0.2, 0) is 9.47 Å². The van der Waals surface area contributed by atoms with Gasteiger partial charge in [-0.2, -0.15) is 0 Å². The lowest BCUT2D eigenvalue weighted by molar-refractivity contribution is 0.172. The molecule has 0 aliphatic rings. The van der Waals surface area contributed by atoms with Gasteiger partial charge in [0.2, 0.25) is 0 Å². The predicted octanol–water partition coefficient (Wildman–Crippen LogP) is 1.74. The summed E-state index contributed by atoms with van der Waals surface area (Å²) in [4.78, 5) is 4.15. The fourth-order valence-corrected chi connectivity index (χ4v) is 1.64. The Kier molecular flexibility index (Phi) is 8.99. The summed E-state index contributed by atoms with van der Waals surface area (Å²) in [5, 5.41) is 6.36. The summed E-state index contributed by atoms with van der Waals surface area (Å²) in [6.45, 7) is 2.67. The number of rotatable bonds is 9. The first-order chi connectivity index (χ1) is 10.3. The van der Waals surface area contributed by atoms with Gasteiger partial charge in [-0.15, -0.1) is 0 Å². The standard InChI is InChI=1S/C15H25N3O3/c1-16-15(17-8-11-20-3)18-13-6-4-7-14(12-13)21-10-5-9-19-2/h4,6-7,12H,5,8-11H2,1-3H3,(H2,16,17,18). The number of anilines is 1. The number of hydrogen-bond acceptors (Lipinski definition) is 4. The number of aliphatic imine (C=N–C) groups is 1. The Balaban J connectivity index is 2.46. The number of benzene rings is 1. The van der Waals surface area contributed by atoms with Crippen molar-refractivity contribution in [3.05, 3.63) is 24.3 Å². The van der Waals surface area contributed by atoms with Crippen molar-refractivity contribution in [3.63, 3.8) is 0 Å². The van der Waals surface area contributed by atoms with Crippen molar-refractivity contribution in [2.45, 2.75) is 6.42 Å². The second-order valence-electron chi connectivity index (χ2n) is 4.34. The van der Waals surface area contributed by atoms with E-state index in [-0.39, 0.29) is 0 Å². The van der Waals surface area contributed by atoms with Crippen molar-refractivity contribution in [1.82, 2.24) is 5.32 Å². The van der Waals surface area contributed by atoms with Crippen LogP contribution < -0.4 is 15.4 Å². The van der Waals surface area contributed by atoms with E-state index in [1.807, 2.05) is 24.3 Å². The Morgan fingerprint density at radius 1 is 1.14 bits per heavy atom. The minimum absolute atomic E-state index is 0.628. The third-order valence-electron chi connectivity index (χ3n) is 2.68. The summed E-state index contributed by atoms with van der Waals surface area (Å²) < 4.78 is 15.6. The summed E-state index contributed by atoms with van der Waals surface area (Å²) in [6, 6.07) is 7.77. The average molecular weight is 295 g/mol. The van der Waals surface area contributed by atoms with Crippen LogP contribution in [0.5, 0.6) is 5.75 Å². The predicted molar refractivity (Wildman–Crippen MR) is 85.3 cm³/mol. The lowest BCUT2D eigenvalue weighted by atomic mass is 10.3. The molecule has 0 spiro atoms. The smallest absolute Gasteiger partial charge is 0.195 e. The van der Waals surface area contributed by atoms with E-state index in [9.17, 15) is 0 Å². The Morgan fingerprint density at radius 2 is 1.95 bits per heavy atom. The summed E-state index contributed by atoms with van der Waals surface area (Å²) in [7, 11) is 5.09. The molecular weight excluding hydrogens is 270 g/mol. The number of ether oxygens (including phenoxy) is 3. The molecular formula is C15H25N3O3. The van der Waals surface area contributed by atoms with Crippen molar-refractivity contribution in [1.29, 1.82) is 0 Å². The van der Waals surface area contributed by atoms with Crippen LogP contribution in [0.15, 0.2) is 29.3 Å². The van der Waals surface area contributed by atoms with Gasteiger partial charge in [-0.25, -0.2) is 0 Å². The highest BCUT2D eigenvalue weighted by molar-refractivity contribution is 5.93. The Labute approximate surface area is 126 Å². The van der Waals surface area contributed by atoms with Gasteiger partial charge in [-0.1, -0.05) is 6.07 Å². The summed E-state index contributed by atoms with van der Waals surface area (Å²) >= 11 is 0. The second-order valence-corrected chi connectivity index (χ2v) is 4.34. The lowest BCUT2D eigenvalue weighted by Gasteiger charge is -2.13. The number of methoxy groups -OCH3 is 2. The van der Waals surface area contributed by atoms with Crippen molar-refractivity contribution in [3.8, 4) is 5.75 Å². The number of nitrogens with zero attached hydrogens (tertiary/aromatic N) is 1. The van der Waals surface area contributed by atoms with Crippen LogP contribution in [0.1, 0.15) is 6.42 Å². The normalized spacial score (nSPS) is 11.3. The van der Waals surface area contributed by atoms with Crippen LogP contribution in [-0.4, -0.2) is 53.6 Å². The molecule has 0 aromatic heterocycles. The van der Waals surface area contributed by atoms with E-state index in [0.29, 0.717) is 32.3 Å². The quantitative estimate of drug-likeness (QED) is 0.413. The average Bonchev–Trinajstić information content (AvgIpc) is 2.51. The molecule has 0 heterocycles. The van der Waals surface area contributed by atoms with Crippen LogP contribution in [0, 0.1) is 0 Å². The molecule has 21 heavy (non-hydrogen) atoms. The van der Waals surface area contributed by atoms with E-state index < -0.39 is 0 Å². The third kappa shape index (κ3) is 7.53. The molecule has 1 rings (SSSR count). The van der Waals surface area contributed by atoms with Gasteiger partial charge in [0, 0.05) is 52.6 Å². The molecule has 0 aliphatic carbocycles. The van der Waals surface area contributed by atoms with E-state index in [1.165, 1.54) is 0 Å². The summed E-state index contributed by atoms with van der Waals surface area (Å²) in [5.74, 6) is 1.52. The van der Waals surface area contributed by atoms with Crippen LogP contribution in [0.4, 0.5) is 5.69 Å². The molecule has 2 N–H and O–H groups in total. The molecule has 0 aliphatic heterocycles. The largest absolute Gasteiger partial charge is 0.493 e. The highest BCUT2D eigenvalue weighted by Crippen LogP contribution is 2.17. The molecule has 0 saturated carbocycles. The fraction of sp³-hybridized carbons (Fsp3) is 0.533. The zero-order chi connectivity index (χ0) is 15.3. The number of guanidine groups is 1. The van der Waals surface area contributed by atoms with Crippen molar-refractivity contribution in [2.75, 3.05) is 52.9 Å². The van der Waals surface area contributed by atoms with Crippen LogP contribution >= 0.6 is 0 Å². The molecule has 0 unspecified atom stereocenters. The van der Waals surface area contributed by atoms with Gasteiger partial charge in [0.1, 0.15) is 5.75 Å². The minimum Gasteiger partial charge on any atom is -0.493 e. The SMILES string of the molecule is CN=C(NCCOC)Nc1cccc(OCCCOC)c1. The zero-order valence-corrected chi connectivity index (χ0v) is 13.0. The fourth-order valence-electron chi connectivity index (χ4n) is 1.64. The molecule has 0 radical (unpaired) electrons. The van der Waals surface area contributed by atoms with Crippen LogP contribution in [0.25, 0.3) is 0 Å². The Bertz CT molecular complexity index is 424. The molecule has 0 bridgehead atoms. The second kappa shape index (κ2) is 10.9. The molecule has 1 aromatic rings. The van der Waals surface area contributed by atoms with Gasteiger partial charge in [0.05, 0.1) is 13.2 Å². The highest BCUT2D eigenvalue weighted by Gasteiger charge is 2.01. The monoisotopic (exact) mass is 295 g/mol. The van der Waals surface area contributed by atoms with E-state index in [0.717, 1.165) is 17.9 Å². The first-order valence-corrected chi connectivity index (χ1v) is 6.98. The van der Waals surface area contributed by atoms with Gasteiger partial charge in [0.25, 0.3) is 0 Å². The van der Waals surface area contributed by atoms with Gasteiger partial charge in [0.15, 0.2) is 5.96 Å². The Hall–Kier alpha value is -1.79. The van der Waals surface area contributed by atoms with E-state index in [4.69, 9.17) is 14.2 Å². The van der Waals surface area contributed by atoms with Crippen molar-refractivity contribution >= 4 is 11.6 Å². The minimum atomic E-state index is 0.628.